The van der Waals surface area contributed by atoms with Crippen molar-refractivity contribution in [2.24, 2.45) is 0 Å². The molecular formula is C22H22ClN3O3S. The van der Waals surface area contributed by atoms with Crippen LogP contribution in [0.1, 0.15) is 33.9 Å². The van der Waals surface area contributed by atoms with E-state index in [1.54, 1.807) is 59.9 Å². The number of nitrogens with one attached hydrogen (secondary N) is 2. The summed E-state index contributed by atoms with van der Waals surface area (Å²) in [6.07, 6.45) is 0.837. The van der Waals surface area contributed by atoms with E-state index in [0.717, 1.165) is 10.7 Å². The number of aromatic nitrogens is 1. The van der Waals surface area contributed by atoms with Gasteiger partial charge in [-0.25, -0.2) is 4.98 Å². The standard InChI is InChI=1S/C22H22ClN3O3S/c1-15-25-19(14-30-15)13-29-20-5-2-4-16(12-20)22(28)24-11-3-6-21(27)26-18-9-7-17(23)8-10-18/h2,4-5,7-10,12,14H,3,6,11,13H2,1H3,(H,24,28)(H,26,27). The Balaban J connectivity index is 1.40. The lowest BCUT2D eigenvalue weighted by atomic mass is 10.2. The van der Waals surface area contributed by atoms with Gasteiger partial charge in [0.15, 0.2) is 0 Å². The van der Waals surface area contributed by atoms with E-state index in [9.17, 15) is 9.59 Å². The Morgan fingerprint density at radius 2 is 1.97 bits per heavy atom. The van der Waals surface area contributed by atoms with Crippen LogP contribution in [0.4, 0.5) is 5.69 Å². The Labute approximate surface area is 184 Å². The van der Waals surface area contributed by atoms with E-state index in [0.29, 0.717) is 48.0 Å². The van der Waals surface area contributed by atoms with Gasteiger partial charge >= 0.3 is 0 Å². The van der Waals surface area contributed by atoms with Crippen LogP contribution in [0.3, 0.4) is 0 Å². The van der Waals surface area contributed by atoms with Crippen LogP contribution >= 0.6 is 22.9 Å². The van der Waals surface area contributed by atoms with Gasteiger partial charge in [0.2, 0.25) is 5.91 Å². The number of thiazole rings is 1. The van der Waals surface area contributed by atoms with Crippen LogP contribution < -0.4 is 15.4 Å². The van der Waals surface area contributed by atoms with Gasteiger partial charge in [0, 0.05) is 34.6 Å². The second-order valence-electron chi connectivity index (χ2n) is 6.59. The maximum absolute atomic E-state index is 12.4. The summed E-state index contributed by atoms with van der Waals surface area (Å²) in [4.78, 5) is 28.7. The maximum atomic E-state index is 12.4. The number of benzene rings is 2. The van der Waals surface area contributed by atoms with Crippen molar-refractivity contribution >= 4 is 40.4 Å². The number of halogens is 1. The zero-order valence-electron chi connectivity index (χ0n) is 16.5. The average molecular weight is 444 g/mol. The van der Waals surface area contributed by atoms with E-state index in [1.165, 1.54) is 0 Å². The van der Waals surface area contributed by atoms with Gasteiger partial charge in [0.1, 0.15) is 12.4 Å². The van der Waals surface area contributed by atoms with E-state index in [2.05, 4.69) is 15.6 Å². The fourth-order valence-corrected chi connectivity index (χ4v) is 3.39. The van der Waals surface area contributed by atoms with E-state index in [1.807, 2.05) is 12.3 Å². The highest BCUT2D eigenvalue weighted by Crippen LogP contribution is 2.17. The number of carbonyl (C=O) groups excluding carboxylic acids is 2. The van der Waals surface area contributed by atoms with Gasteiger partial charge in [-0.2, -0.15) is 0 Å². The fourth-order valence-electron chi connectivity index (χ4n) is 2.67. The van der Waals surface area contributed by atoms with Crippen molar-refractivity contribution in [3.63, 3.8) is 0 Å². The lowest BCUT2D eigenvalue weighted by molar-refractivity contribution is -0.116. The third-order valence-corrected chi connectivity index (χ3v) is 5.22. The smallest absolute Gasteiger partial charge is 0.251 e. The van der Waals surface area contributed by atoms with E-state index < -0.39 is 0 Å². The summed E-state index contributed by atoms with van der Waals surface area (Å²) in [5.74, 6) is 0.290. The van der Waals surface area contributed by atoms with E-state index >= 15 is 0 Å². The lowest BCUT2D eigenvalue weighted by Crippen LogP contribution is -2.25. The molecule has 0 aliphatic heterocycles. The zero-order valence-corrected chi connectivity index (χ0v) is 18.1. The number of hydrogen-bond donors (Lipinski definition) is 2. The highest BCUT2D eigenvalue weighted by Gasteiger charge is 2.08. The van der Waals surface area contributed by atoms with Gasteiger partial charge in [0.05, 0.1) is 10.7 Å². The number of anilines is 1. The normalized spacial score (nSPS) is 10.5. The van der Waals surface area contributed by atoms with Gasteiger partial charge in [-0.15, -0.1) is 11.3 Å². The molecule has 2 aromatic carbocycles. The lowest BCUT2D eigenvalue weighted by Gasteiger charge is -2.08. The summed E-state index contributed by atoms with van der Waals surface area (Å²) in [6.45, 7) is 2.70. The quantitative estimate of drug-likeness (QED) is 0.464. The largest absolute Gasteiger partial charge is 0.487 e. The molecule has 2 N–H and O–H groups in total. The highest BCUT2D eigenvalue weighted by atomic mass is 35.5. The molecule has 1 heterocycles. The molecule has 0 unspecified atom stereocenters. The van der Waals surface area contributed by atoms with Crippen LogP contribution in [0.5, 0.6) is 5.75 Å². The molecule has 0 aliphatic carbocycles. The van der Waals surface area contributed by atoms with Crippen molar-refractivity contribution in [2.75, 3.05) is 11.9 Å². The van der Waals surface area contributed by atoms with Crippen LogP contribution in [0.2, 0.25) is 5.02 Å². The number of carbonyl (C=O) groups is 2. The Hall–Kier alpha value is -2.90. The molecule has 0 radical (unpaired) electrons. The molecule has 0 spiro atoms. The van der Waals surface area contributed by atoms with Crippen LogP contribution in [-0.2, 0) is 11.4 Å². The van der Waals surface area contributed by atoms with Gasteiger partial charge < -0.3 is 15.4 Å². The van der Waals surface area contributed by atoms with Gasteiger partial charge in [-0.3, -0.25) is 9.59 Å². The molecular weight excluding hydrogens is 422 g/mol. The Morgan fingerprint density at radius 1 is 1.17 bits per heavy atom. The van der Waals surface area contributed by atoms with Crippen LogP contribution in [0.15, 0.2) is 53.9 Å². The van der Waals surface area contributed by atoms with Crippen LogP contribution in [0, 0.1) is 6.92 Å². The average Bonchev–Trinajstić information content (AvgIpc) is 3.16. The highest BCUT2D eigenvalue weighted by molar-refractivity contribution is 7.09. The summed E-state index contributed by atoms with van der Waals surface area (Å²) in [6, 6.07) is 13.9. The molecule has 2 amide bonds. The molecule has 0 fully saturated rings. The van der Waals surface area contributed by atoms with Crippen molar-refractivity contribution < 1.29 is 14.3 Å². The summed E-state index contributed by atoms with van der Waals surface area (Å²) in [5.41, 5.74) is 2.06. The minimum atomic E-state index is -0.205. The van der Waals surface area contributed by atoms with E-state index in [4.69, 9.17) is 16.3 Å². The molecule has 0 bridgehead atoms. The van der Waals surface area contributed by atoms with Crippen LogP contribution in [0.25, 0.3) is 0 Å². The Bertz CT molecular complexity index is 1000. The molecule has 1 aromatic heterocycles. The van der Waals surface area contributed by atoms with E-state index in [-0.39, 0.29) is 11.8 Å². The number of rotatable bonds is 9. The van der Waals surface area contributed by atoms with Crippen molar-refractivity contribution in [1.29, 1.82) is 0 Å². The molecule has 0 saturated carbocycles. The number of nitrogens with zero attached hydrogens (tertiary/aromatic N) is 1. The molecule has 0 saturated heterocycles. The predicted octanol–water partition coefficient (Wildman–Crippen LogP) is 4.83. The zero-order chi connectivity index (χ0) is 21.3. The molecule has 6 nitrogen and oxygen atoms in total. The summed E-state index contributed by atoms with van der Waals surface area (Å²) in [7, 11) is 0. The molecule has 30 heavy (non-hydrogen) atoms. The van der Waals surface area contributed by atoms with Gasteiger partial charge in [0.25, 0.3) is 5.91 Å². The van der Waals surface area contributed by atoms with Crippen molar-refractivity contribution in [1.82, 2.24) is 10.3 Å². The van der Waals surface area contributed by atoms with Crippen molar-refractivity contribution in [3.8, 4) is 5.75 Å². The first-order valence-corrected chi connectivity index (χ1v) is 10.7. The molecule has 3 rings (SSSR count). The molecule has 0 atom stereocenters. The minimum Gasteiger partial charge on any atom is -0.487 e. The van der Waals surface area contributed by atoms with Gasteiger partial charge in [-0.1, -0.05) is 17.7 Å². The third-order valence-electron chi connectivity index (χ3n) is 4.14. The Morgan fingerprint density at radius 3 is 2.70 bits per heavy atom. The first-order valence-electron chi connectivity index (χ1n) is 9.47. The second-order valence-corrected chi connectivity index (χ2v) is 8.09. The number of hydrogen-bond acceptors (Lipinski definition) is 5. The fraction of sp³-hybridized carbons (Fsp3) is 0.227. The molecule has 0 aliphatic rings. The topological polar surface area (TPSA) is 80.3 Å². The van der Waals surface area contributed by atoms with Crippen molar-refractivity contribution in [2.45, 2.75) is 26.4 Å². The number of aryl methyl sites for hydroxylation is 1. The molecule has 8 heteroatoms. The maximum Gasteiger partial charge on any atom is 0.251 e. The van der Waals surface area contributed by atoms with Crippen LogP contribution in [-0.4, -0.2) is 23.3 Å². The SMILES string of the molecule is Cc1nc(COc2cccc(C(=O)NCCCC(=O)Nc3ccc(Cl)cc3)c2)cs1. The number of ether oxygens (including phenoxy) is 1. The second kappa shape index (κ2) is 10.8. The molecule has 3 aromatic rings. The summed E-state index contributed by atoms with van der Waals surface area (Å²) in [5, 5.41) is 9.18. The summed E-state index contributed by atoms with van der Waals surface area (Å²) >= 11 is 7.40. The third kappa shape index (κ3) is 6.86. The van der Waals surface area contributed by atoms with Gasteiger partial charge in [-0.05, 0) is 55.8 Å². The van der Waals surface area contributed by atoms with Crippen molar-refractivity contribution in [3.05, 3.63) is 75.2 Å². The first kappa shape index (κ1) is 21.8. The first-order chi connectivity index (χ1) is 14.5. The minimum absolute atomic E-state index is 0.112. The molecule has 156 valence electrons. The monoisotopic (exact) mass is 443 g/mol. The summed E-state index contributed by atoms with van der Waals surface area (Å²) < 4.78 is 5.72. The number of amides is 2. The Kier molecular flexibility index (Phi) is 7.82. The predicted molar refractivity (Wildman–Crippen MR) is 119 cm³/mol.